The maximum absolute atomic E-state index is 11.9. The highest BCUT2D eigenvalue weighted by Crippen LogP contribution is 2.30. The molecule has 1 radical (unpaired) electrons. The molecule has 0 bridgehead atoms. The third-order valence-corrected chi connectivity index (χ3v) is 0.950. The highest BCUT2D eigenvalue weighted by molar-refractivity contribution is 4.88. The van der Waals surface area contributed by atoms with E-state index in [1.165, 1.54) is 0 Å². The SMILES string of the molecule is CC(F)(F)C(F)C(F)[C](F)F. The number of alkyl halides is 4. The molecule has 0 aromatic rings. The minimum Gasteiger partial charge on any atom is -0.237 e. The molecule has 0 aliphatic rings. The van der Waals surface area contributed by atoms with E-state index < -0.39 is 24.7 Å². The number of rotatable bonds is 3. The zero-order valence-corrected chi connectivity index (χ0v) is 5.42. The van der Waals surface area contributed by atoms with Crippen molar-refractivity contribution in [2.45, 2.75) is 25.2 Å². The second-order valence-corrected chi connectivity index (χ2v) is 2.05. The van der Waals surface area contributed by atoms with Crippen molar-refractivity contribution in [3.63, 3.8) is 0 Å². The van der Waals surface area contributed by atoms with Crippen LogP contribution in [0.3, 0.4) is 0 Å². The fourth-order valence-electron chi connectivity index (χ4n) is 0.368. The van der Waals surface area contributed by atoms with E-state index in [0.29, 0.717) is 0 Å². The Bertz CT molecular complexity index is 117. The van der Waals surface area contributed by atoms with Gasteiger partial charge in [-0.25, -0.2) is 17.6 Å². The van der Waals surface area contributed by atoms with Crippen LogP contribution in [0.4, 0.5) is 26.3 Å². The lowest BCUT2D eigenvalue weighted by Crippen LogP contribution is -2.36. The normalized spacial score (nSPS) is 18.5. The molecule has 0 amide bonds. The highest BCUT2D eigenvalue weighted by Gasteiger charge is 2.45. The molecule has 0 fully saturated rings. The molecule has 0 N–H and O–H groups in total. The van der Waals surface area contributed by atoms with Gasteiger partial charge in [-0.1, -0.05) is 0 Å². The molecule has 0 saturated carbocycles. The van der Waals surface area contributed by atoms with Crippen LogP contribution in [0.1, 0.15) is 6.92 Å². The van der Waals surface area contributed by atoms with Crippen molar-refractivity contribution in [1.29, 1.82) is 0 Å². The van der Waals surface area contributed by atoms with E-state index in [9.17, 15) is 26.3 Å². The third kappa shape index (κ3) is 2.98. The Hall–Kier alpha value is -0.420. The van der Waals surface area contributed by atoms with Gasteiger partial charge < -0.3 is 0 Å². The van der Waals surface area contributed by atoms with Crippen LogP contribution in [-0.2, 0) is 0 Å². The second-order valence-electron chi connectivity index (χ2n) is 2.05. The van der Waals surface area contributed by atoms with Gasteiger partial charge in [-0.05, 0) is 0 Å². The van der Waals surface area contributed by atoms with E-state index in [1.54, 1.807) is 0 Å². The first-order valence-electron chi connectivity index (χ1n) is 2.60. The van der Waals surface area contributed by atoms with Crippen molar-refractivity contribution in [3.05, 3.63) is 6.43 Å². The summed E-state index contributed by atoms with van der Waals surface area (Å²) < 4.78 is 69.6. The molecule has 0 rings (SSSR count). The lowest BCUT2D eigenvalue weighted by atomic mass is 10.1. The van der Waals surface area contributed by atoms with Crippen molar-refractivity contribution in [2.75, 3.05) is 0 Å². The molecule has 0 heterocycles. The van der Waals surface area contributed by atoms with Crippen LogP contribution in [0.25, 0.3) is 0 Å². The molecule has 0 aromatic heterocycles. The molecule has 0 spiro atoms. The number of hydrogen-bond donors (Lipinski definition) is 0. The number of hydrogen-bond acceptors (Lipinski definition) is 0. The van der Waals surface area contributed by atoms with Crippen molar-refractivity contribution in [3.8, 4) is 0 Å². The fourth-order valence-corrected chi connectivity index (χ4v) is 0.368. The van der Waals surface area contributed by atoms with Crippen LogP contribution in [-0.4, -0.2) is 18.3 Å². The van der Waals surface area contributed by atoms with Gasteiger partial charge in [-0.3, -0.25) is 0 Å². The average molecular weight is 179 g/mol. The van der Waals surface area contributed by atoms with E-state index in [-0.39, 0.29) is 6.92 Å². The Morgan fingerprint density at radius 3 is 1.64 bits per heavy atom. The fraction of sp³-hybridized carbons (Fsp3) is 0.800. The van der Waals surface area contributed by atoms with E-state index >= 15 is 0 Å². The van der Waals surface area contributed by atoms with Gasteiger partial charge in [0.1, 0.15) is 0 Å². The molecule has 0 nitrogen and oxygen atoms in total. The summed E-state index contributed by atoms with van der Waals surface area (Å²) in [5.74, 6) is -4.08. The van der Waals surface area contributed by atoms with Gasteiger partial charge in [-0.15, -0.1) is 0 Å². The van der Waals surface area contributed by atoms with Crippen molar-refractivity contribution in [1.82, 2.24) is 0 Å². The van der Waals surface area contributed by atoms with Gasteiger partial charge in [0, 0.05) is 6.92 Å². The third-order valence-electron chi connectivity index (χ3n) is 0.950. The summed E-state index contributed by atoms with van der Waals surface area (Å²) in [6.07, 6.45) is -9.96. The maximum Gasteiger partial charge on any atom is 0.346 e. The molecule has 0 saturated heterocycles. The molecule has 0 aliphatic heterocycles. The molecule has 2 atom stereocenters. The van der Waals surface area contributed by atoms with Crippen molar-refractivity contribution in [2.24, 2.45) is 0 Å². The van der Waals surface area contributed by atoms with E-state index in [0.717, 1.165) is 0 Å². The van der Waals surface area contributed by atoms with Crippen molar-refractivity contribution >= 4 is 0 Å². The van der Waals surface area contributed by atoms with E-state index in [2.05, 4.69) is 0 Å². The summed E-state index contributed by atoms with van der Waals surface area (Å²) in [6, 6.07) is 0. The van der Waals surface area contributed by atoms with E-state index in [1.807, 2.05) is 0 Å². The van der Waals surface area contributed by atoms with Gasteiger partial charge >= 0.3 is 6.43 Å². The monoisotopic (exact) mass is 179 g/mol. The molecule has 2 unspecified atom stereocenters. The first-order valence-corrected chi connectivity index (χ1v) is 2.60. The van der Waals surface area contributed by atoms with Crippen LogP contribution < -0.4 is 0 Å². The highest BCUT2D eigenvalue weighted by atomic mass is 19.3. The molecule has 67 valence electrons. The Labute approximate surface area is 59.2 Å². The molecule has 0 aromatic carbocycles. The largest absolute Gasteiger partial charge is 0.346 e. The lowest BCUT2D eigenvalue weighted by molar-refractivity contribution is -0.0945. The standard InChI is InChI=1S/C5H5F6/c1-5(10,11)3(7)2(6)4(8)9/h2-3H,1H3. The molecule has 6 heteroatoms. The van der Waals surface area contributed by atoms with Crippen LogP contribution in [0.5, 0.6) is 0 Å². The Kier molecular flexibility index (Phi) is 3.19. The van der Waals surface area contributed by atoms with Crippen LogP contribution in [0.15, 0.2) is 0 Å². The zero-order chi connectivity index (χ0) is 9.23. The average Bonchev–Trinajstić information content (AvgIpc) is 1.82. The summed E-state index contributed by atoms with van der Waals surface area (Å²) in [7, 11) is 0. The summed E-state index contributed by atoms with van der Waals surface area (Å²) in [4.78, 5) is 0. The summed E-state index contributed by atoms with van der Waals surface area (Å²) >= 11 is 0. The topological polar surface area (TPSA) is 0 Å². The summed E-state index contributed by atoms with van der Waals surface area (Å²) in [6.45, 7) is 0.0349. The predicted molar refractivity (Wildman–Crippen MR) is 25.9 cm³/mol. The van der Waals surface area contributed by atoms with Gasteiger partial charge in [0.2, 0.25) is 12.3 Å². The summed E-state index contributed by atoms with van der Waals surface area (Å²) in [5, 5.41) is 0. The maximum atomic E-state index is 11.9. The first-order chi connectivity index (χ1) is 4.76. The molecular weight excluding hydrogens is 174 g/mol. The predicted octanol–water partition coefficient (Wildman–Crippen LogP) is 2.75. The second kappa shape index (κ2) is 3.32. The summed E-state index contributed by atoms with van der Waals surface area (Å²) in [5.41, 5.74) is 0. The minimum atomic E-state index is -4.08. The van der Waals surface area contributed by atoms with E-state index in [4.69, 9.17) is 0 Å². The van der Waals surface area contributed by atoms with Gasteiger partial charge in [0.05, 0.1) is 0 Å². The Morgan fingerprint density at radius 1 is 1.18 bits per heavy atom. The smallest absolute Gasteiger partial charge is 0.237 e. The van der Waals surface area contributed by atoms with Gasteiger partial charge in [0.25, 0.3) is 5.92 Å². The van der Waals surface area contributed by atoms with Crippen LogP contribution in [0, 0.1) is 6.43 Å². The van der Waals surface area contributed by atoms with Gasteiger partial charge in [-0.2, -0.15) is 8.78 Å². The van der Waals surface area contributed by atoms with Gasteiger partial charge in [0.15, 0.2) is 0 Å². The molecule has 11 heavy (non-hydrogen) atoms. The first kappa shape index (κ1) is 10.6. The van der Waals surface area contributed by atoms with Crippen molar-refractivity contribution < 1.29 is 26.3 Å². The minimum absolute atomic E-state index is 0.0349. The Balaban J connectivity index is 4.13. The van der Waals surface area contributed by atoms with Crippen LogP contribution >= 0.6 is 0 Å². The Morgan fingerprint density at radius 2 is 1.55 bits per heavy atom. The molecule has 0 aliphatic carbocycles. The lowest BCUT2D eigenvalue weighted by Gasteiger charge is -2.17. The zero-order valence-electron chi connectivity index (χ0n) is 5.42. The molecular formula is C5H5F6. The quantitative estimate of drug-likeness (QED) is 0.584. The van der Waals surface area contributed by atoms with Crippen LogP contribution in [0.2, 0.25) is 0 Å². The number of halogens is 6.